The van der Waals surface area contributed by atoms with Crippen molar-refractivity contribution in [3.05, 3.63) is 35.9 Å². The second-order valence-corrected chi connectivity index (χ2v) is 6.51. The third-order valence-electron chi connectivity index (χ3n) is 3.56. The molecule has 0 aliphatic carbocycles. The van der Waals surface area contributed by atoms with E-state index in [1.165, 1.54) is 24.8 Å². The maximum atomic E-state index is 3.89. The standard InChI is InChI=1S/C18H32N2/c1-6-10-18(16-11-8-7-9-12-16)19-17(13-15(2)3)14-20(4)5/h7-9,11-12,15,17-19H,6,10,13-14H2,1-5H3. The zero-order chi connectivity index (χ0) is 15.0. The number of hydrogen-bond donors (Lipinski definition) is 1. The van der Waals surface area contributed by atoms with E-state index in [9.17, 15) is 0 Å². The first-order chi connectivity index (χ1) is 9.52. The molecule has 1 aromatic carbocycles. The van der Waals surface area contributed by atoms with Crippen LogP contribution < -0.4 is 5.32 Å². The first-order valence-corrected chi connectivity index (χ1v) is 7.98. The molecule has 0 saturated heterocycles. The summed E-state index contributed by atoms with van der Waals surface area (Å²) in [4.78, 5) is 2.29. The summed E-state index contributed by atoms with van der Waals surface area (Å²) in [7, 11) is 4.32. The number of rotatable bonds is 9. The van der Waals surface area contributed by atoms with Crippen molar-refractivity contribution >= 4 is 0 Å². The van der Waals surface area contributed by atoms with Crippen LogP contribution in [0.2, 0.25) is 0 Å². The Morgan fingerprint density at radius 1 is 1.10 bits per heavy atom. The molecular formula is C18H32N2. The molecule has 1 rings (SSSR count). The van der Waals surface area contributed by atoms with Gasteiger partial charge in [-0.25, -0.2) is 0 Å². The van der Waals surface area contributed by atoms with Crippen molar-refractivity contribution in [2.24, 2.45) is 5.92 Å². The number of hydrogen-bond acceptors (Lipinski definition) is 2. The molecule has 0 bridgehead atoms. The summed E-state index contributed by atoms with van der Waals surface area (Å²) >= 11 is 0. The van der Waals surface area contributed by atoms with Crippen molar-refractivity contribution < 1.29 is 0 Å². The van der Waals surface area contributed by atoms with Gasteiger partial charge in [0, 0.05) is 18.6 Å². The lowest BCUT2D eigenvalue weighted by Gasteiger charge is -2.29. The summed E-state index contributed by atoms with van der Waals surface area (Å²) in [5.41, 5.74) is 1.42. The lowest BCUT2D eigenvalue weighted by Crippen LogP contribution is -2.41. The molecule has 0 heterocycles. The Labute approximate surface area is 125 Å². The van der Waals surface area contributed by atoms with Crippen molar-refractivity contribution in [2.75, 3.05) is 20.6 Å². The molecule has 0 spiro atoms. The fraction of sp³-hybridized carbons (Fsp3) is 0.667. The van der Waals surface area contributed by atoms with E-state index in [1.54, 1.807) is 0 Å². The van der Waals surface area contributed by atoms with Gasteiger partial charge in [-0.15, -0.1) is 0 Å². The Kier molecular flexibility index (Phi) is 7.86. The van der Waals surface area contributed by atoms with E-state index in [2.05, 4.69) is 75.4 Å². The second kappa shape index (κ2) is 9.15. The lowest BCUT2D eigenvalue weighted by atomic mass is 9.98. The van der Waals surface area contributed by atoms with Gasteiger partial charge >= 0.3 is 0 Å². The molecule has 0 aromatic heterocycles. The molecule has 0 amide bonds. The van der Waals surface area contributed by atoms with Crippen LogP contribution in [0.1, 0.15) is 51.6 Å². The highest BCUT2D eigenvalue weighted by atomic mass is 15.1. The van der Waals surface area contributed by atoms with E-state index in [0.29, 0.717) is 12.1 Å². The van der Waals surface area contributed by atoms with Crippen LogP contribution in [0.25, 0.3) is 0 Å². The minimum absolute atomic E-state index is 0.477. The van der Waals surface area contributed by atoms with Crippen molar-refractivity contribution in [1.82, 2.24) is 10.2 Å². The molecule has 0 aliphatic rings. The first-order valence-electron chi connectivity index (χ1n) is 7.98. The summed E-state index contributed by atoms with van der Waals surface area (Å²) in [5.74, 6) is 0.727. The van der Waals surface area contributed by atoms with E-state index in [1.807, 2.05) is 0 Å². The Hall–Kier alpha value is -0.860. The number of benzene rings is 1. The molecule has 0 saturated carbocycles. The van der Waals surface area contributed by atoms with E-state index < -0.39 is 0 Å². The molecule has 114 valence electrons. The zero-order valence-corrected chi connectivity index (χ0v) is 13.9. The summed E-state index contributed by atoms with van der Waals surface area (Å²) in [6.07, 6.45) is 3.64. The minimum atomic E-state index is 0.477. The predicted octanol–water partition coefficient (Wildman–Crippen LogP) is 4.09. The Morgan fingerprint density at radius 3 is 2.25 bits per heavy atom. The fourth-order valence-electron chi connectivity index (χ4n) is 2.81. The van der Waals surface area contributed by atoms with Crippen LogP contribution in [0.4, 0.5) is 0 Å². The normalized spacial score (nSPS) is 14.8. The summed E-state index contributed by atoms with van der Waals surface area (Å²) in [5, 5.41) is 3.89. The van der Waals surface area contributed by atoms with Crippen molar-refractivity contribution in [1.29, 1.82) is 0 Å². The van der Waals surface area contributed by atoms with Crippen LogP contribution in [0, 0.1) is 5.92 Å². The molecule has 0 fully saturated rings. The smallest absolute Gasteiger partial charge is 0.0323 e. The van der Waals surface area contributed by atoms with Crippen LogP contribution in [-0.2, 0) is 0 Å². The molecule has 0 radical (unpaired) electrons. The van der Waals surface area contributed by atoms with Gasteiger partial charge in [-0.1, -0.05) is 57.5 Å². The number of likely N-dealkylation sites (N-methyl/N-ethyl adjacent to an activating group) is 1. The van der Waals surface area contributed by atoms with Gasteiger partial charge in [-0.2, -0.15) is 0 Å². The summed E-state index contributed by atoms with van der Waals surface area (Å²) in [6, 6.07) is 11.9. The van der Waals surface area contributed by atoms with E-state index >= 15 is 0 Å². The van der Waals surface area contributed by atoms with Gasteiger partial charge in [-0.3, -0.25) is 0 Å². The van der Waals surface area contributed by atoms with Crippen LogP contribution in [0.15, 0.2) is 30.3 Å². The molecule has 2 unspecified atom stereocenters. The Morgan fingerprint density at radius 2 is 1.75 bits per heavy atom. The second-order valence-electron chi connectivity index (χ2n) is 6.51. The minimum Gasteiger partial charge on any atom is -0.308 e. The van der Waals surface area contributed by atoms with Crippen LogP contribution in [0.5, 0.6) is 0 Å². The highest BCUT2D eigenvalue weighted by Gasteiger charge is 2.18. The highest BCUT2D eigenvalue weighted by molar-refractivity contribution is 5.19. The summed E-state index contributed by atoms with van der Waals surface area (Å²) < 4.78 is 0. The molecule has 2 atom stereocenters. The van der Waals surface area contributed by atoms with E-state index in [0.717, 1.165) is 12.5 Å². The van der Waals surface area contributed by atoms with E-state index in [4.69, 9.17) is 0 Å². The quantitative estimate of drug-likeness (QED) is 0.730. The van der Waals surface area contributed by atoms with Gasteiger partial charge in [0.05, 0.1) is 0 Å². The zero-order valence-electron chi connectivity index (χ0n) is 13.9. The molecule has 1 aromatic rings. The lowest BCUT2D eigenvalue weighted by molar-refractivity contribution is 0.281. The van der Waals surface area contributed by atoms with Crippen molar-refractivity contribution in [3.8, 4) is 0 Å². The Bertz CT molecular complexity index is 336. The monoisotopic (exact) mass is 276 g/mol. The van der Waals surface area contributed by atoms with Crippen LogP contribution in [-0.4, -0.2) is 31.6 Å². The number of nitrogens with one attached hydrogen (secondary N) is 1. The average Bonchev–Trinajstić information content (AvgIpc) is 2.37. The van der Waals surface area contributed by atoms with Gasteiger partial charge in [0.2, 0.25) is 0 Å². The molecule has 20 heavy (non-hydrogen) atoms. The highest BCUT2D eigenvalue weighted by Crippen LogP contribution is 2.20. The SMILES string of the molecule is CCCC(NC(CC(C)C)CN(C)C)c1ccccc1. The topological polar surface area (TPSA) is 15.3 Å². The first kappa shape index (κ1) is 17.2. The summed E-state index contributed by atoms with van der Waals surface area (Å²) in [6.45, 7) is 7.98. The van der Waals surface area contributed by atoms with Crippen molar-refractivity contribution in [3.63, 3.8) is 0 Å². The fourth-order valence-corrected chi connectivity index (χ4v) is 2.81. The average molecular weight is 276 g/mol. The van der Waals surface area contributed by atoms with Gasteiger partial charge in [0.1, 0.15) is 0 Å². The number of nitrogens with zero attached hydrogens (tertiary/aromatic N) is 1. The van der Waals surface area contributed by atoms with Crippen LogP contribution >= 0.6 is 0 Å². The molecule has 2 nitrogen and oxygen atoms in total. The third-order valence-corrected chi connectivity index (χ3v) is 3.56. The maximum absolute atomic E-state index is 3.89. The van der Waals surface area contributed by atoms with E-state index in [-0.39, 0.29) is 0 Å². The molecular weight excluding hydrogens is 244 g/mol. The van der Waals surface area contributed by atoms with Crippen molar-refractivity contribution in [2.45, 2.75) is 52.1 Å². The Balaban J connectivity index is 2.74. The maximum Gasteiger partial charge on any atom is 0.0323 e. The molecule has 0 aliphatic heterocycles. The predicted molar refractivity (Wildman–Crippen MR) is 89.0 cm³/mol. The van der Waals surface area contributed by atoms with Gasteiger partial charge in [0.15, 0.2) is 0 Å². The van der Waals surface area contributed by atoms with Crippen LogP contribution in [0.3, 0.4) is 0 Å². The third kappa shape index (κ3) is 6.53. The van der Waals surface area contributed by atoms with Gasteiger partial charge < -0.3 is 10.2 Å². The molecule has 2 heteroatoms. The van der Waals surface area contributed by atoms with Gasteiger partial charge in [-0.05, 0) is 38.4 Å². The molecule has 1 N–H and O–H groups in total. The largest absolute Gasteiger partial charge is 0.308 e. The van der Waals surface area contributed by atoms with Gasteiger partial charge in [0.25, 0.3) is 0 Å².